The Morgan fingerprint density at radius 2 is 2.19 bits per heavy atom. The molecule has 0 N–H and O–H groups in total. The molecule has 0 atom stereocenters. The molecule has 27 heavy (non-hydrogen) atoms. The normalized spacial score (nSPS) is 13.4. The molecule has 1 aliphatic rings. The third kappa shape index (κ3) is 4.60. The van der Waals surface area contributed by atoms with E-state index in [9.17, 15) is 4.79 Å². The number of hydrogen-bond acceptors (Lipinski definition) is 6. The van der Waals surface area contributed by atoms with Gasteiger partial charge in [-0.05, 0) is 25.0 Å². The lowest BCUT2D eigenvalue weighted by molar-refractivity contribution is -0.137. The van der Waals surface area contributed by atoms with Gasteiger partial charge in [-0.1, -0.05) is 13.3 Å². The van der Waals surface area contributed by atoms with E-state index in [-0.39, 0.29) is 12.5 Å². The van der Waals surface area contributed by atoms with E-state index in [1.165, 1.54) is 0 Å². The van der Waals surface area contributed by atoms with E-state index in [1.54, 1.807) is 12.4 Å². The Morgan fingerprint density at radius 3 is 2.89 bits per heavy atom. The minimum absolute atomic E-state index is 0.0182. The van der Waals surface area contributed by atoms with Crippen molar-refractivity contribution >= 4 is 11.7 Å². The van der Waals surface area contributed by atoms with Crippen molar-refractivity contribution in [3.63, 3.8) is 0 Å². The van der Waals surface area contributed by atoms with E-state index >= 15 is 0 Å². The number of rotatable bonds is 7. The van der Waals surface area contributed by atoms with E-state index in [0.717, 1.165) is 41.9 Å². The van der Waals surface area contributed by atoms with Crippen LogP contribution in [0, 0.1) is 0 Å². The molecule has 0 radical (unpaired) electrons. The van der Waals surface area contributed by atoms with Gasteiger partial charge in [0.1, 0.15) is 12.4 Å². The van der Waals surface area contributed by atoms with Gasteiger partial charge in [0.05, 0.1) is 12.2 Å². The molecular weight excluding hydrogens is 342 g/mol. The molecule has 0 bridgehead atoms. The second-order valence-corrected chi connectivity index (χ2v) is 6.90. The van der Waals surface area contributed by atoms with Crippen LogP contribution in [0.1, 0.15) is 31.0 Å². The van der Waals surface area contributed by atoms with Gasteiger partial charge in [0.2, 0.25) is 5.91 Å². The van der Waals surface area contributed by atoms with Crippen molar-refractivity contribution in [2.24, 2.45) is 0 Å². The summed E-state index contributed by atoms with van der Waals surface area (Å²) in [5.41, 5.74) is 2.89. The summed E-state index contributed by atoms with van der Waals surface area (Å²) in [4.78, 5) is 30.0. The molecule has 0 spiro atoms. The summed E-state index contributed by atoms with van der Waals surface area (Å²) < 4.78 is 5.49. The smallest absolute Gasteiger partial charge is 0.248 e. The number of pyridine rings is 1. The van der Waals surface area contributed by atoms with E-state index in [1.807, 2.05) is 36.0 Å². The van der Waals surface area contributed by atoms with Crippen LogP contribution >= 0.6 is 0 Å². The van der Waals surface area contributed by atoms with Crippen molar-refractivity contribution in [1.82, 2.24) is 19.9 Å². The van der Waals surface area contributed by atoms with Crippen LogP contribution in [0.15, 0.2) is 24.5 Å². The number of ether oxygens (including phenoxy) is 1. The van der Waals surface area contributed by atoms with Crippen LogP contribution < -0.4 is 4.90 Å². The Labute approximate surface area is 160 Å². The maximum absolute atomic E-state index is 12.5. The third-order valence-corrected chi connectivity index (χ3v) is 4.61. The molecular formula is C20H27N5O2. The van der Waals surface area contributed by atoms with Crippen molar-refractivity contribution in [3.8, 4) is 11.4 Å². The fraction of sp³-hybridized carbons (Fsp3) is 0.500. The zero-order valence-electron chi connectivity index (χ0n) is 16.3. The number of unbranched alkanes of at least 4 members (excludes halogenated alkanes) is 1. The molecule has 3 rings (SSSR count). The lowest BCUT2D eigenvalue weighted by Gasteiger charge is -2.30. The van der Waals surface area contributed by atoms with Gasteiger partial charge in [-0.15, -0.1) is 0 Å². The van der Waals surface area contributed by atoms with Crippen LogP contribution in [-0.2, 0) is 22.5 Å². The van der Waals surface area contributed by atoms with Crippen molar-refractivity contribution in [2.75, 3.05) is 38.8 Å². The minimum Gasteiger partial charge on any atom is -0.372 e. The van der Waals surface area contributed by atoms with Gasteiger partial charge in [0.15, 0.2) is 5.82 Å². The Kier molecular flexibility index (Phi) is 6.34. The number of aromatic nitrogens is 3. The Morgan fingerprint density at radius 1 is 1.33 bits per heavy atom. The molecule has 2 aromatic rings. The highest BCUT2D eigenvalue weighted by Gasteiger charge is 2.26. The monoisotopic (exact) mass is 369 g/mol. The van der Waals surface area contributed by atoms with Gasteiger partial charge in [0, 0.05) is 50.8 Å². The van der Waals surface area contributed by atoms with Crippen LogP contribution in [0.2, 0.25) is 0 Å². The number of carbonyl (C=O) groups is 1. The van der Waals surface area contributed by atoms with Gasteiger partial charge in [0.25, 0.3) is 0 Å². The lowest BCUT2D eigenvalue weighted by Crippen LogP contribution is -2.39. The van der Waals surface area contributed by atoms with E-state index in [0.29, 0.717) is 25.5 Å². The van der Waals surface area contributed by atoms with Crippen LogP contribution in [0.3, 0.4) is 0 Å². The van der Waals surface area contributed by atoms with Gasteiger partial charge < -0.3 is 14.5 Å². The third-order valence-electron chi connectivity index (χ3n) is 4.61. The molecule has 7 heteroatoms. The first-order valence-corrected chi connectivity index (χ1v) is 9.43. The number of amides is 1. The number of nitrogens with zero attached hydrogens (tertiary/aromatic N) is 5. The first-order valence-electron chi connectivity index (χ1n) is 9.43. The average molecular weight is 369 g/mol. The second kappa shape index (κ2) is 8.90. The molecule has 0 saturated carbocycles. The summed E-state index contributed by atoms with van der Waals surface area (Å²) in [6, 6.07) is 3.82. The topological polar surface area (TPSA) is 71.5 Å². The van der Waals surface area contributed by atoms with Crippen LogP contribution in [0.5, 0.6) is 0 Å². The average Bonchev–Trinajstić information content (AvgIpc) is 2.70. The summed E-state index contributed by atoms with van der Waals surface area (Å²) in [6.45, 7) is 4.02. The zero-order chi connectivity index (χ0) is 19.2. The van der Waals surface area contributed by atoms with Crippen molar-refractivity contribution in [3.05, 3.63) is 35.8 Å². The number of hydrogen-bond donors (Lipinski definition) is 0. The highest BCUT2D eigenvalue weighted by atomic mass is 16.5. The largest absolute Gasteiger partial charge is 0.372 e. The van der Waals surface area contributed by atoms with Crippen LogP contribution in [0.4, 0.5) is 5.82 Å². The van der Waals surface area contributed by atoms with Crippen LogP contribution in [-0.4, -0.2) is 59.6 Å². The molecule has 3 heterocycles. The van der Waals surface area contributed by atoms with Gasteiger partial charge in [-0.3, -0.25) is 9.78 Å². The Balaban J connectivity index is 1.82. The predicted octanol–water partition coefficient (Wildman–Crippen LogP) is 2.31. The summed E-state index contributed by atoms with van der Waals surface area (Å²) in [5, 5.41) is 0. The first-order chi connectivity index (χ1) is 13.1. The van der Waals surface area contributed by atoms with E-state index in [4.69, 9.17) is 14.7 Å². The molecule has 144 valence electrons. The van der Waals surface area contributed by atoms with Crippen LogP contribution in [0.25, 0.3) is 11.4 Å². The number of anilines is 1. The highest BCUT2D eigenvalue weighted by molar-refractivity contribution is 5.78. The number of fused-ring (bicyclic) bond motifs is 1. The molecule has 0 unspecified atom stereocenters. The molecule has 0 aromatic carbocycles. The van der Waals surface area contributed by atoms with Crippen molar-refractivity contribution in [1.29, 1.82) is 0 Å². The quantitative estimate of drug-likeness (QED) is 0.698. The molecule has 7 nitrogen and oxygen atoms in total. The molecule has 0 fully saturated rings. The molecule has 1 amide bonds. The van der Waals surface area contributed by atoms with Crippen molar-refractivity contribution < 1.29 is 9.53 Å². The molecule has 0 saturated heterocycles. The number of carbonyl (C=O) groups excluding carboxylic acids is 1. The second-order valence-electron chi connectivity index (χ2n) is 6.90. The standard InChI is InChI=1S/C20H27N5O2/c1-4-5-11-27-14-18(26)25-10-8-16-17(13-25)22-19(23-20(16)24(2)3)15-7-6-9-21-12-15/h6-7,9,12H,4-5,8,10-11,13-14H2,1-3H3. The molecule has 0 aliphatic carbocycles. The summed E-state index contributed by atoms with van der Waals surface area (Å²) in [7, 11) is 3.96. The maximum atomic E-state index is 12.5. The van der Waals surface area contributed by atoms with E-state index < -0.39 is 0 Å². The van der Waals surface area contributed by atoms with Crippen molar-refractivity contribution in [2.45, 2.75) is 32.7 Å². The fourth-order valence-electron chi connectivity index (χ4n) is 3.11. The molecule has 2 aromatic heterocycles. The minimum atomic E-state index is 0.0182. The maximum Gasteiger partial charge on any atom is 0.248 e. The molecule has 1 aliphatic heterocycles. The van der Waals surface area contributed by atoms with Gasteiger partial charge >= 0.3 is 0 Å². The first kappa shape index (κ1) is 19.2. The highest BCUT2D eigenvalue weighted by Crippen LogP contribution is 2.28. The predicted molar refractivity (Wildman–Crippen MR) is 104 cm³/mol. The van der Waals surface area contributed by atoms with E-state index in [2.05, 4.69) is 11.9 Å². The fourth-order valence-corrected chi connectivity index (χ4v) is 3.11. The lowest BCUT2D eigenvalue weighted by atomic mass is 10.0. The zero-order valence-corrected chi connectivity index (χ0v) is 16.3. The Hall–Kier alpha value is -2.54. The SMILES string of the molecule is CCCCOCC(=O)N1CCc2c(nc(-c3cccnc3)nc2N(C)C)C1. The van der Waals surface area contributed by atoms with Gasteiger partial charge in [-0.2, -0.15) is 0 Å². The Bertz CT molecular complexity index is 779. The summed E-state index contributed by atoms with van der Waals surface area (Å²) in [6.07, 6.45) is 6.27. The summed E-state index contributed by atoms with van der Waals surface area (Å²) >= 11 is 0. The summed E-state index contributed by atoms with van der Waals surface area (Å²) in [5.74, 6) is 1.56. The van der Waals surface area contributed by atoms with Gasteiger partial charge in [-0.25, -0.2) is 9.97 Å².